The molecule has 110 valence electrons. The second-order valence-corrected chi connectivity index (χ2v) is 6.49. The molecule has 2 atom stereocenters. The van der Waals surface area contributed by atoms with Crippen molar-refractivity contribution in [2.75, 3.05) is 13.7 Å². The minimum Gasteiger partial charge on any atom is -0.504 e. The van der Waals surface area contributed by atoms with Crippen LogP contribution < -0.4 is 10.1 Å². The Balaban J connectivity index is 1.95. The zero-order chi connectivity index (χ0) is 14.5. The van der Waals surface area contributed by atoms with Crippen LogP contribution in [0.3, 0.4) is 0 Å². The van der Waals surface area contributed by atoms with Gasteiger partial charge in [-0.25, -0.2) is 0 Å². The van der Waals surface area contributed by atoms with E-state index in [-0.39, 0.29) is 17.2 Å². The van der Waals surface area contributed by atoms with Crippen molar-refractivity contribution in [1.82, 2.24) is 5.32 Å². The second-order valence-electron chi connectivity index (χ2n) is 5.20. The number of halogens is 1. The van der Waals surface area contributed by atoms with Crippen molar-refractivity contribution in [3.05, 3.63) is 23.8 Å². The Labute approximate surface area is 127 Å². The Morgan fingerprint density at radius 2 is 2.30 bits per heavy atom. The van der Waals surface area contributed by atoms with Gasteiger partial charge < -0.3 is 15.2 Å². The summed E-state index contributed by atoms with van der Waals surface area (Å²) in [6.07, 6.45) is 4.64. The van der Waals surface area contributed by atoms with Gasteiger partial charge in [0, 0.05) is 11.4 Å². The SMILES string of the molecule is COc1cccc(C(=O)NCC2CCCC(Br)C2)c1O. The fourth-order valence-electron chi connectivity index (χ4n) is 2.61. The summed E-state index contributed by atoms with van der Waals surface area (Å²) < 4.78 is 5.01. The topological polar surface area (TPSA) is 58.6 Å². The van der Waals surface area contributed by atoms with Crippen molar-refractivity contribution in [2.24, 2.45) is 5.92 Å². The van der Waals surface area contributed by atoms with Gasteiger partial charge in [-0.2, -0.15) is 0 Å². The van der Waals surface area contributed by atoms with E-state index < -0.39 is 0 Å². The fraction of sp³-hybridized carbons (Fsp3) is 0.533. The maximum atomic E-state index is 12.1. The van der Waals surface area contributed by atoms with E-state index in [1.165, 1.54) is 20.0 Å². The molecule has 1 aliphatic rings. The molecule has 0 saturated heterocycles. The predicted molar refractivity (Wildman–Crippen MR) is 81.7 cm³/mol. The highest BCUT2D eigenvalue weighted by Crippen LogP contribution is 2.30. The Bertz CT molecular complexity index is 478. The molecule has 1 fully saturated rings. The molecule has 0 spiro atoms. The van der Waals surface area contributed by atoms with E-state index in [9.17, 15) is 9.90 Å². The molecule has 1 saturated carbocycles. The first-order valence-corrected chi connectivity index (χ1v) is 7.81. The third-order valence-corrected chi connectivity index (χ3v) is 4.57. The summed E-state index contributed by atoms with van der Waals surface area (Å²) in [7, 11) is 1.47. The number of methoxy groups -OCH3 is 1. The van der Waals surface area contributed by atoms with E-state index in [4.69, 9.17) is 4.74 Å². The lowest BCUT2D eigenvalue weighted by Gasteiger charge is -2.25. The third kappa shape index (κ3) is 3.66. The van der Waals surface area contributed by atoms with Gasteiger partial charge in [-0.1, -0.05) is 28.4 Å². The molecule has 0 aromatic heterocycles. The number of aromatic hydroxyl groups is 1. The Hall–Kier alpha value is -1.23. The summed E-state index contributed by atoms with van der Waals surface area (Å²) in [5, 5.41) is 12.9. The highest BCUT2D eigenvalue weighted by atomic mass is 79.9. The van der Waals surface area contributed by atoms with Crippen LogP contribution in [0.2, 0.25) is 0 Å². The van der Waals surface area contributed by atoms with E-state index >= 15 is 0 Å². The van der Waals surface area contributed by atoms with Crippen molar-refractivity contribution in [3.63, 3.8) is 0 Å². The average molecular weight is 342 g/mol. The molecule has 1 amide bonds. The van der Waals surface area contributed by atoms with Gasteiger partial charge in [-0.3, -0.25) is 4.79 Å². The lowest BCUT2D eigenvalue weighted by molar-refractivity contribution is 0.0940. The number of amides is 1. The second kappa shape index (κ2) is 6.97. The normalized spacial score (nSPS) is 22.3. The number of hydrogen-bond donors (Lipinski definition) is 2. The Morgan fingerprint density at radius 1 is 1.50 bits per heavy atom. The molecule has 0 aliphatic heterocycles. The number of phenolic OH excluding ortho intramolecular Hbond substituents is 1. The van der Waals surface area contributed by atoms with Crippen LogP contribution in [-0.4, -0.2) is 29.5 Å². The number of para-hydroxylation sites is 1. The van der Waals surface area contributed by atoms with Crippen LogP contribution >= 0.6 is 15.9 Å². The van der Waals surface area contributed by atoms with Crippen LogP contribution in [-0.2, 0) is 0 Å². The van der Waals surface area contributed by atoms with Gasteiger partial charge in [0.2, 0.25) is 0 Å². The molecule has 0 radical (unpaired) electrons. The quantitative estimate of drug-likeness (QED) is 0.827. The first kappa shape index (κ1) is 15.2. The van der Waals surface area contributed by atoms with Gasteiger partial charge in [0.1, 0.15) is 0 Å². The molecule has 0 bridgehead atoms. The van der Waals surface area contributed by atoms with E-state index in [2.05, 4.69) is 21.2 Å². The van der Waals surface area contributed by atoms with Gasteiger partial charge >= 0.3 is 0 Å². The fourth-order valence-corrected chi connectivity index (χ4v) is 3.47. The Morgan fingerprint density at radius 3 is 3.00 bits per heavy atom. The zero-order valence-corrected chi connectivity index (χ0v) is 13.1. The van der Waals surface area contributed by atoms with Gasteiger partial charge in [0.25, 0.3) is 5.91 Å². The highest BCUT2D eigenvalue weighted by molar-refractivity contribution is 9.09. The maximum absolute atomic E-state index is 12.1. The van der Waals surface area contributed by atoms with Crippen molar-refractivity contribution in [3.8, 4) is 11.5 Å². The number of benzene rings is 1. The minimum absolute atomic E-state index is 0.102. The molecule has 20 heavy (non-hydrogen) atoms. The van der Waals surface area contributed by atoms with E-state index in [0.29, 0.717) is 23.0 Å². The minimum atomic E-state index is -0.252. The van der Waals surface area contributed by atoms with Crippen LogP contribution in [0.25, 0.3) is 0 Å². The summed E-state index contributed by atoms with van der Waals surface area (Å²) in [4.78, 5) is 12.7. The molecule has 0 heterocycles. The van der Waals surface area contributed by atoms with Crippen LogP contribution in [0.15, 0.2) is 18.2 Å². The van der Waals surface area contributed by atoms with Gasteiger partial charge in [0.05, 0.1) is 12.7 Å². The molecule has 2 unspecified atom stereocenters. The largest absolute Gasteiger partial charge is 0.504 e. The van der Waals surface area contributed by atoms with E-state index in [0.717, 1.165) is 12.8 Å². The van der Waals surface area contributed by atoms with Gasteiger partial charge in [-0.05, 0) is 37.3 Å². The summed E-state index contributed by atoms with van der Waals surface area (Å²) in [5.74, 6) is 0.466. The first-order chi connectivity index (χ1) is 9.61. The molecule has 1 aromatic carbocycles. The predicted octanol–water partition coefficient (Wildman–Crippen LogP) is 3.08. The number of nitrogens with one attached hydrogen (secondary N) is 1. The van der Waals surface area contributed by atoms with Crippen molar-refractivity contribution in [1.29, 1.82) is 0 Å². The zero-order valence-electron chi connectivity index (χ0n) is 11.6. The molecule has 4 nitrogen and oxygen atoms in total. The monoisotopic (exact) mass is 341 g/mol. The maximum Gasteiger partial charge on any atom is 0.255 e. The van der Waals surface area contributed by atoms with E-state index in [1.54, 1.807) is 18.2 Å². The van der Waals surface area contributed by atoms with Crippen LogP contribution in [0, 0.1) is 5.92 Å². The van der Waals surface area contributed by atoms with Crippen LogP contribution in [0.5, 0.6) is 11.5 Å². The molecule has 5 heteroatoms. The van der Waals surface area contributed by atoms with Gasteiger partial charge in [0.15, 0.2) is 11.5 Å². The van der Waals surface area contributed by atoms with Crippen LogP contribution in [0.1, 0.15) is 36.0 Å². The van der Waals surface area contributed by atoms with Crippen molar-refractivity contribution < 1.29 is 14.6 Å². The summed E-state index contributed by atoms with van der Waals surface area (Å²) >= 11 is 3.64. The molecular weight excluding hydrogens is 322 g/mol. The Kier molecular flexibility index (Phi) is 5.29. The summed E-state index contributed by atoms with van der Waals surface area (Å²) in [6.45, 7) is 0.650. The lowest BCUT2D eigenvalue weighted by atomic mass is 9.89. The molecule has 1 aliphatic carbocycles. The molecule has 2 rings (SSSR count). The van der Waals surface area contributed by atoms with Crippen molar-refractivity contribution in [2.45, 2.75) is 30.5 Å². The standard InChI is InChI=1S/C15H20BrNO3/c1-20-13-7-3-6-12(14(13)18)15(19)17-9-10-4-2-5-11(16)8-10/h3,6-7,10-11,18H,2,4-5,8-9H2,1H3,(H,17,19). The van der Waals surface area contributed by atoms with Gasteiger partial charge in [-0.15, -0.1) is 0 Å². The smallest absolute Gasteiger partial charge is 0.255 e. The number of phenols is 1. The highest BCUT2D eigenvalue weighted by Gasteiger charge is 2.21. The number of carbonyl (C=O) groups excluding carboxylic acids is 1. The molecular formula is C15H20BrNO3. The third-order valence-electron chi connectivity index (χ3n) is 3.73. The van der Waals surface area contributed by atoms with Crippen LogP contribution in [0.4, 0.5) is 0 Å². The first-order valence-electron chi connectivity index (χ1n) is 6.90. The lowest BCUT2D eigenvalue weighted by Crippen LogP contribution is -2.32. The van der Waals surface area contributed by atoms with Crippen molar-refractivity contribution >= 4 is 21.8 Å². The summed E-state index contributed by atoms with van der Waals surface area (Å²) in [5.41, 5.74) is 0.260. The number of rotatable bonds is 4. The number of hydrogen-bond acceptors (Lipinski definition) is 3. The number of ether oxygens (including phenoxy) is 1. The average Bonchev–Trinajstić information content (AvgIpc) is 2.45. The molecule has 1 aromatic rings. The molecule has 2 N–H and O–H groups in total. The summed E-state index contributed by atoms with van der Waals surface area (Å²) in [6, 6.07) is 4.92. The van der Waals surface area contributed by atoms with E-state index in [1.807, 2.05) is 0 Å². The number of carbonyl (C=O) groups is 1. The number of alkyl halides is 1.